The van der Waals surface area contributed by atoms with E-state index < -0.39 is 0 Å². The molecule has 35 heavy (non-hydrogen) atoms. The molecule has 12 heteroatoms. The summed E-state index contributed by atoms with van der Waals surface area (Å²) >= 11 is 9.86. The number of ether oxygens (including phenoxy) is 3. The maximum Gasteiger partial charge on any atom is 0.280 e. The van der Waals surface area contributed by atoms with Gasteiger partial charge in [0.2, 0.25) is 0 Å². The number of thiocarbonyl (C=S) groups is 1. The van der Waals surface area contributed by atoms with E-state index in [9.17, 15) is 9.59 Å². The van der Waals surface area contributed by atoms with Gasteiger partial charge in [-0.05, 0) is 51.8 Å². The number of benzene rings is 2. The van der Waals surface area contributed by atoms with E-state index in [0.717, 1.165) is 11.8 Å². The molecule has 1 fully saturated rings. The van der Waals surface area contributed by atoms with E-state index in [1.807, 2.05) is 6.07 Å². The lowest BCUT2D eigenvalue weighted by molar-refractivity contribution is -0.124. The van der Waals surface area contributed by atoms with Crippen molar-refractivity contribution in [2.45, 2.75) is 6.42 Å². The van der Waals surface area contributed by atoms with E-state index in [2.05, 4.69) is 26.7 Å². The van der Waals surface area contributed by atoms with Crippen molar-refractivity contribution in [3.8, 4) is 23.3 Å². The molecule has 1 aliphatic heterocycles. The van der Waals surface area contributed by atoms with E-state index in [1.54, 1.807) is 42.5 Å². The molecule has 9 nitrogen and oxygen atoms in total. The molecule has 0 unspecified atom stereocenters. The van der Waals surface area contributed by atoms with Crippen molar-refractivity contribution in [3.05, 3.63) is 51.3 Å². The molecular weight excluding hydrogens is 556 g/mol. The summed E-state index contributed by atoms with van der Waals surface area (Å²) in [7, 11) is 3.00. The zero-order chi connectivity index (χ0) is 25.4. The van der Waals surface area contributed by atoms with Crippen molar-refractivity contribution in [1.29, 1.82) is 5.26 Å². The first-order chi connectivity index (χ1) is 16.9. The second-order valence-corrected chi connectivity index (χ2v) is 9.43. The van der Waals surface area contributed by atoms with Gasteiger partial charge in [-0.2, -0.15) is 5.26 Å². The van der Waals surface area contributed by atoms with E-state index in [1.165, 1.54) is 19.2 Å². The lowest BCUT2D eigenvalue weighted by atomic mass is 10.2. The fourth-order valence-electron chi connectivity index (χ4n) is 3.01. The fraction of sp³-hybridized carbons (Fsp3) is 0.217. The van der Waals surface area contributed by atoms with Crippen molar-refractivity contribution in [1.82, 2.24) is 10.4 Å². The summed E-state index contributed by atoms with van der Waals surface area (Å²) in [6.45, 7) is 0.0473. The monoisotopic (exact) mass is 576 g/mol. The van der Waals surface area contributed by atoms with Gasteiger partial charge in [0.15, 0.2) is 22.4 Å². The average molecular weight is 577 g/mol. The second kappa shape index (κ2) is 12.6. The fourth-order valence-corrected chi connectivity index (χ4v) is 4.81. The summed E-state index contributed by atoms with van der Waals surface area (Å²) in [6.07, 6.45) is 1.93. The van der Waals surface area contributed by atoms with Crippen LogP contribution >= 0.6 is 39.9 Å². The van der Waals surface area contributed by atoms with Crippen LogP contribution in [0, 0.1) is 11.3 Å². The average Bonchev–Trinajstić information content (AvgIpc) is 3.10. The van der Waals surface area contributed by atoms with Gasteiger partial charge < -0.3 is 19.5 Å². The number of nitrogens with one attached hydrogen (secondary N) is 2. The van der Waals surface area contributed by atoms with Crippen LogP contribution < -0.4 is 25.0 Å². The van der Waals surface area contributed by atoms with E-state index >= 15 is 0 Å². The lowest BCUT2D eigenvalue weighted by Gasteiger charge is -2.15. The van der Waals surface area contributed by atoms with Crippen molar-refractivity contribution >= 4 is 67.8 Å². The molecule has 2 N–H and O–H groups in total. The molecule has 1 heterocycles. The van der Waals surface area contributed by atoms with Gasteiger partial charge in [0.25, 0.3) is 11.8 Å². The number of hydrogen-bond acceptors (Lipinski definition) is 9. The Hall–Kier alpha value is -3.11. The highest BCUT2D eigenvalue weighted by Gasteiger charge is 2.32. The number of nitriles is 1. The van der Waals surface area contributed by atoms with Crippen molar-refractivity contribution < 1.29 is 23.8 Å². The number of thioether (sulfide) groups is 1. The Morgan fingerprint density at radius 3 is 2.71 bits per heavy atom. The molecule has 0 saturated carbocycles. The van der Waals surface area contributed by atoms with Crippen molar-refractivity contribution in [2.24, 2.45) is 0 Å². The third-order valence-corrected chi connectivity index (χ3v) is 6.47. The summed E-state index contributed by atoms with van der Waals surface area (Å²) in [5, 5.41) is 12.7. The van der Waals surface area contributed by atoms with Crippen LogP contribution in [-0.2, 0) is 9.59 Å². The third kappa shape index (κ3) is 6.73. The topological polar surface area (TPSA) is 113 Å². The smallest absolute Gasteiger partial charge is 0.280 e. The molecule has 2 aromatic rings. The summed E-state index contributed by atoms with van der Waals surface area (Å²) < 4.78 is 17.3. The molecule has 1 saturated heterocycles. The molecule has 2 amide bonds. The molecule has 0 bridgehead atoms. The number of carbonyl (C=O) groups excluding carboxylic acids is 2. The number of anilines is 1. The Labute approximate surface area is 220 Å². The van der Waals surface area contributed by atoms with Crippen LogP contribution in [0.25, 0.3) is 6.08 Å². The summed E-state index contributed by atoms with van der Waals surface area (Å²) in [6, 6.07) is 12.5. The number of hydrogen-bond donors (Lipinski definition) is 2. The molecule has 0 spiro atoms. The van der Waals surface area contributed by atoms with Crippen LogP contribution in [-0.4, -0.2) is 48.5 Å². The van der Waals surface area contributed by atoms with Gasteiger partial charge in [-0.1, -0.05) is 36.1 Å². The molecule has 0 atom stereocenters. The molecule has 1 aliphatic rings. The summed E-state index contributed by atoms with van der Waals surface area (Å²) in [5.41, 5.74) is 4.05. The minimum absolute atomic E-state index is 0.249. The van der Waals surface area contributed by atoms with Crippen LogP contribution in [0.15, 0.2) is 45.8 Å². The van der Waals surface area contributed by atoms with E-state index in [4.69, 9.17) is 31.7 Å². The number of nitrogens with zero attached hydrogens (tertiary/aromatic N) is 2. The molecule has 2 aromatic carbocycles. The van der Waals surface area contributed by atoms with Crippen LogP contribution in [0.2, 0.25) is 0 Å². The maximum absolute atomic E-state index is 12.7. The predicted molar refractivity (Wildman–Crippen MR) is 141 cm³/mol. The highest BCUT2D eigenvalue weighted by atomic mass is 79.9. The molecular formula is C23H21BrN4O5S2. The summed E-state index contributed by atoms with van der Waals surface area (Å²) in [5.74, 6) is 0.569. The zero-order valence-electron chi connectivity index (χ0n) is 18.8. The van der Waals surface area contributed by atoms with Gasteiger partial charge in [0.05, 0.1) is 35.4 Å². The van der Waals surface area contributed by atoms with Crippen LogP contribution in [0.1, 0.15) is 12.0 Å². The molecule has 0 aliphatic carbocycles. The predicted octanol–water partition coefficient (Wildman–Crippen LogP) is 4.10. The highest BCUT2D eigenvalue weighted by Crippen LogP contribution is 2.39. The normalized spacial score (nSPS) is 14.1. The van der Waals surface area contributed by atoms with Gasteiger partial charge in [0, 0.05) is 13.0 Å². The van der Waals surface area contributed by atoms with E-state index in [0.29, 0.717) is 48.7 Å². The van der Waals surface area contributed by atoms with E-state index in [-0.39, 0.29) is 24.8 Å². The maximum atomic E-state index is 12.7. The Bertz CT molecular complexity index is 1210. The van der Waals surface area contributed by atoms with Crippen LogP contribution in [0.3, 0.4) is 0 Å². The van der Waals surface area contributed by atoms with Gasteiger partial charge >= 0.3 is 0 Å². The Morgan fingerprint density at radius 2 is 2.00 bits per heavy atom. The number of para-hydroxylation sites is 2. The zero-order valence-corrected chi connectivity index (χ0v) is 22.0. The third-order valence-electron chi connectivity index (χ3n) is 4.58. The first kappa shape index (κ1) is 26.5. The van der Waals surface area contributed by atoms with Gasteiger partial charge in [-0.25, -0.2) is 10.4 Å². The standard InChI is InChI=1S/C23H21BrN4O5S2/c1-31-17-7-4-3-6-16(17)27-20(29)13-33-21-15(24)10-14(11-18(21)32-2)12-19-22(30)28(23(34)35-19)26-9-5-8-25/h3-4,6-7,10-12,26H,5,9,13H2,1-2H3,(H,27,29). The number of rotatable bonds is 10. The van der Waals surface area contributed by atoms with Gasteiger partial charge in [-0.15, -0.1) is 0 Å². The Morgan fingerprint density at radius 1 is 1.26 bits per heavy atom. The van der Waals surface area contributed by atoms with Crippen LogP contribution in [0.5, 0.6) is 17.2 Å². The molecule has 182 valence electrons. The number of methoxy groups -OCH3 is 2. The number of hydrazine groups is 1. The minimum atomic E-state index is -0.375. The number of carbonyl (C=O) groups is 2. The first-order valence-electron chi connectivity index (χ1n) is 10.2. The SMILES string of the molecule is COc1ccccc1NC(=O)COc1c(Br)cc(C=C2SC(=S)N(NCCC#N)C2=O)cc1OC. The number of amides is 2. The first-order valence-corrected chi connectivity index (χ1v) is 12.2. The quantitative estimate of drug-likeness (QED) is 0.245. The van der Waals surface area contributed by atoms with Gasteiger partial charge in [0.1, 0.15) is 5.75 Å². The van der Waals surface area contributed by atoms with Crippen LogP contribution in [0.4, 0.5) is 5.69 Å². The Kier molecular flexibility index (Phi) is 9.50. The second-order valence-electron chi connectivity index (χ2n) is 6.90. The largest absolute Gasteiger partial charge is 0.495 e. The highest BCUT2D eigenvalue weighted by molar-refractivity contribution is 9.10. The lowest BCUT2D eigenvalue weighted by Crippen LogP contribution is -2.41. The Balaban J connectivity index is 1.71. The summed E-state index contributed by atoms with van der Waals surface area (Å²) in [4.78, 5) is 25.5. The molecule has 3 rings (SSSR count). The number of halogens is 1. The van der Waals surface area contributed by atoms with Crippen molar-refractivity contribution in [3.63, 3.8) is 0 Å². The molecule has 0 radical (unpaired) electrons. The minimum Gasteiger partial charge on any atom is -0.495 e. The van der Waals surface area contributed by atoms with Crippen molar-refractivity contribution in [2.75, 3.05) is 32.7 Å². The van der Waals surface area contributed by atoms with Gasteiger partial charge in [-0.3, -0.25) is 9.59 Å². The molecule has 0 aromatic heterocycles.